The first-order chi connectivity index (χ1) is 8.01. The average Bonchev–Trinajstić information content (AvgIpc) is 2.28. The summed E-state index contributed by atoms with van der Waals surface area (Å²) >= 11 is 0. The van der Waals surface area contributed by atoms with Gasteiger partial charge in [-0.05, 0) is 35.1 Å². The molecule has 0 bridgehead atoms. The predicted molar refractivity (Wildman–Crippen MR) is 67.1 cm³/mol. The molecule has 88 valence electrons. The molecule has 0 aliphatic carbocycles. The number of carbonyl (C=O) groups excluding carboxylic acids is 1. The Hall–Kier alpha value is -1.91. The number of rotatable bonds is 3. The Morgan fingerprint density at radius 3 is 1.88 bits per heavy atom. The predicted octanol–water partition coefficient (Wildman–Crippen LogP) is 3.77. The van der Waals surface area contributed by atoms with Crippen LogP contribution >= 0.6 is 0 Å². The van der Waals surface area contributed by atoms with E-state index >= 15 is 0 Å². The Morgan fingerprint density at radius 2 is 1.59 bits per heavy atom. The van der Waals surface area contributed by atoms with E-state index in [1.54, 1.807) is 18.2 Å². The Bertz CT molecular complexity index is 474. The highest BCUT2D eigenvalue weighted by molar-refractivity contribution is 5.63. The first-order valence-corrected chi connectivity index (χ1v) is 5.67. The molecule has 3 nitrogen and oxygen atoms in total. The molecule has 0 heterocycles. The quantitative estimate of drug-likeness (QED) is 0.584. The number of isocyanates is 1. The molecule has 17 heavy (non-hydrogen) atoms. The molecular formula is C14H16N2O. The number of hydrogen-bond acceptors (Lipinski definition) is 3. The van der Waals surface area contributed by atoms with Crippen molar-refractivity contribution in [1.82, 2.24) is 0 Å². The highest BCUT2D eigenvalue weighted by atomic mass is 16.1. The minimum absolute atomic E-state index is 0.216. The van der Waals surface area contributed by atoms with Crippen molar-refractivity contribution in [3.63, 3.8) is 0 Å². The van der Waals surface area contributed by atoms with E-state index in [0.29, 0.717) is 11.3 Å². The third-order valence-electron chi connectivity index (χ3n) is 2.70. The van der Waals surface area contributed by atoms with E-state index in [1.807, 2.05) is 27.7 Å². The largest absolute Gasteiger partial charge is 0.240 e. The van der Waals surface area contributed by atoms with Crippen LogP contribution in [-0.4, -0.2) is 6.08 Å². The molecular weight excluding hydrogens is 212 g/mol. The molecule has 0 aliphatic rings. The molecule has 0 N–H and O–H groups in total. The van der Waals surface area contributed by atoms with Crippen LogP contribution in [-0.2, 0) is 4.79 Å². The molecule has 1 rings (SSSR count). The van der Waals surface area contributed by atoms with Crippen molar-refractivity contribution >= 4 is 11.8 Å². The highest BCUT2D eigenvalue weighted by Gasteiger charge is 2.15. The highest BCUT2D eigenvalue weighted by Crippen LogP contribution is 2.35. The van der Waals surface area contributed by atoms with Gasteiger partial charge in [0.25, 0.3) is 0 Å². The van der Waals surface area contributed by atoms with Crippen LogP contribution in [0.3, 0.4) is 0 Å². The normalized spacial score (nSPS) is 10.2. The fourth-order valence-electron chi connectivity index (χ4n) is 1.80. The third-order valence-corrected chi connectivity index (χ3v) is 2.70. The molecule has 1 aromatic carbocycles. The summed E-state index contributed by atoms with van der Waals surface area (Å²) in [6.07, 6.45) is 1.60. The van der Waals surface area contributed by atoms with Gasteiger partial charge in [-0.3, -0.25) is 0 Å². The van der Waals surface area contributed by atoms with Crippen molar-refractivity contribution in [2.75, 3.05) is 0 Å². The van der Waals surface area contributed by atoms with Crippen LogP contribution in [0.1, 0.15) is 56.2 Å². The summed E-state index contributed by atoms with van der Waals surface area (Å²) in [6.45, 7) is 8.07. The molecule has 0 spiro atoms. The number of nitriles is 1. The van der Waals surface area contributed by atoms with Gasteiger partial charge in [-0.25, -0.2) is 4.79 Å². The van der Waals surface area contributed by atoms with E-state index in [2.05, 4.69) is 11.1 Å². The molecule has 0 aromatic heterocycles. The van der Waals surface area contributed by atoms with Crippen molar-refractivity contribution in [3.8, 4) is 6.07 Å². The third kappa shape index (κ3) is 2.81. The number of benzene rings is 1. The Morgan fingerprint density at radius 1 is 1.12 bits per heavy atom. The molecule has 0 unspecified atom stereocenters. The average molecular weight is 228 g/mol. The maximum Gasteiger partial charge on any atom is 0.240 e. The van der Waals surface area contributed by atoms with Gasteiger partial charge < -0.3 is 0 Å². The van der Waals surface area contributed by atoms with E-state index in [9.17, 15) is 4.79 Å². The number of nitrogens with zero attached hydrogens (tertiary/aromatic N) is 2. The summed E-state index contributed by atoms with van der Waals surface area (Å²) in [6, 6.07) is 5.74. The molecule has 0 saturated heterocycles. The Balaban J connectivity index is 3.62. The van der Waals surface area contributed by atoms with E-state index in [-0.39, 0.29) is 11.8 Å². The zero-order valence-corrected chi connectivity index (χ0v) is 10.6. The lowest BCUT2D eigenvalue weighted by Crippen LogP contribution is -1.97. The van der Waals surface area contributed by atoms with Gasteiger partial charge in [0.1, 0.15) is 0 Å². The monoisotopic (exact) mass is 228 g/mol. The smallest absolute Gasteiger partial charge is 0.211 e. The van der Waals surface area contributed by atoms with E-state index < -0.39 is 0 Å². The molecule has 0 fully saturated rings. The molecule has 0 aliphatic heterocycles. The first kappa shape index (κ1) is 13.2. The summed E-state index contributed by atoms with van der Waals surface area (Å²) in [7, 11) is 0. The zero-order chi connectivity index (χ0) is 13.0. The second kappa shape index (κ2) is 5.43. The van der Waals surface area contributed by atoms with Crippen molar-refractivity contribution in [2.24, 2.45) is 4.99 Å². The van der Waals surface area contributed by atoms with E-state index in [1.165, 1.54) is 0 Å². The summed E-state index contributed by atoms with van der Waals surface area (Å²) in [5.74, 6) is 0.431. The second-order valence-corrected chi connectivity index (χ2v) is 4.63. The second-order valence-electron chi connectivity index (χ2n) is 4.63. The fourth-order valence-corrected chi connectivity index (χ4v) is 1.80. The lowest BCUT2D eigenvalue weighted by Gasteiger charge is -2.15. The van der Waals surface area contributed by atoms with Crippen LogP contribution in [0.2, 0.25) is 0 Å². The van der Waals surface area contributed by atoms with Gasteiger partial charge >= 0.3 is 0 Å². The standard InChI is InChI=1S/C14H16N2O/c1-9(2)12-5-11(7-15)6-13(10(3)4)14(12)16-8-17/h5-6,9-10H,1-4H3. The number of aliphatic imine (C=N–C) groups is 1. The van der Waals surface area contributed by atoms with Crippen LogP contribution in [0, 0.1) is 11.3 Å². The molecule has 0 amide bonds. The van der Waals surface area contributed by atoms with Crippen molar-refractivity contribution in [3.05, 3.63) is 28.8 Å². The molecule has 0 atom stereocenters. The summed E-state index contributed by atoms with van der Waals surface area (Å²) in [5, 5.41) is 9.01. The Kier molecular flexibility index (Phi) is 4.20. The van der Waals surface area contributed by atoms with Crippen LogP contribution in [0.5, 0.6) is 0 Å². The molecule has 0 saturated carbocycles. The summed E-state index contributed by atoms with van der Waals surface area (Å²) in [4.78, 5) is 14.3. The van der Waals surface area contributed by atoms with Gasteiger partial charge in [0.2, 0.25) is 6.08 Å². The van der Waals surface area contributed by atoms with Crippen LogP contribution < -0.4 is 0 Å². The SMILES string of the molecule is CC(C)c1cc(C#N)cc(C(C)C)c1N=C=O. The van der Waals surface area contributed by atoms with E-state index in [4.69, 9.17) is 5.26 Å². The fraction of sp³-hybridized carbons (Fsp3) is 0.429. The van der Waals surface area contributed by atoms with Gasteiger partial charge in [-0.15, -0.1) is 0 Å². The molecule has 1 aromatic rings. The van der Waals surface area contributed by atoms with Gasteiger partial charge in [0.05, 0.1) is 17.3 Å². The van der Waals surface area contributed by atoms with Crippen LogP contribution in [0.4, 0.5) is 5.69 Å². The summed E-state index contributed by atoms with van der Waals surface area (Å²) in [5.41, 5.74) is 3.14. The maximum absolute atomic E-state index is 10.5. The minimum atomic E-state index is 0.216. The molecule has 0 radical (unpaired) electrons. The van der Waals surface area contributed by atoms with Crippen LogP contribution in [0.15, 0.2) is 17.1 Å². The van der Waals surface area contributed by atoms with Crippen molar-refractivity contribution < 1.29 is 4.79 Å². The van der Waals surface area contributed by atoms with Gasteiger partial charge in [0, 0.05) is 0 Å². The lowest BCUT2D eigenvalue weighted by atomic mass is 9.91. The topological polar surface area (TPSA) is 53.2 Å². The van der Waals surface area contributed by atoms with Crippen molar-refractivity contribution in [1.29, 1.82) is 5.26 Å². The molecule has 3 heteroatoms. The maximum atomic E-state index is 10.5. The van der Waals surface area contributed by atoms with E-state index in [0.717, 1.165) is 11.1 Å². The minimum Gasteiger partial charge on any atom is -0.211 e. The van der Waals surface area contributed by atoms with Gasteiger partial charge in [-0.2, -0.15) is 10.3 Å². The Labute approximate surface area is 102 Å². The van der Waals surface area contributed by atoms with Crippen molar-refractivity contribution in [2.45, 2.75) is 39.5 Å². The number of hydrogen-bond donors (Lipinski definition) is 0. The van der Waals surface area contributed by atoms with Gasteiger partial charge in [0.15, 0.2) is 0 Å². The van der Waals surface area contributed by atoms with Crippen LogP contribution in [0.25, 0.3) is 0 Å². The first-order valence-electron chi connectivity index (χ1n) is 5.67. The summed E-state index contributed by atoms with van der Waals surface area (Å²) < 4.78 is 0. The lowest BCUT2D eigenvalue weighted by molar-refractivity contribution is 0.565. The van der Waals surface area contributed by atoms with Gasteiger partial charge in [-0.1, -0.05) is 27.7 Å². The zero-order valence-electron chi connectivity index (χ0n) is 10.6.